The van der Waals surface area contributed by atoms with E-state index < -0.39 is 0 Å². The van der Waals surface area contributed by atoms with E-state index in [1.165, 1.54) is 6.42 Å². The van der Waals surface area contributed by atoms with Gasteiger partial charge < -0.3 is 11.1 Å². The van der Waals surface area contributed by atoms with Crippen LogP contribution < -0.4 is 11.1 Å². The van der Waals surface area contributed by atoms with Gasteiger partial charge in [0.1, 0.15) is 5.01 Å². The predicted octanol–water partition coefficient (Wildman–Crippen LogP) is 1.63. The van der Waals surface area contributed by atoms with Crippen molar-refractivity contribution < 1.29 is 0 Å². The zero-order chi connectivity index (χ0) is 10.4. The molecule has 0 bridgehead atoms. The fraction of sp³-hybridized carbons (Fsp3) is 0.778. The lowest BCUT2D eigenvalue weighted by Gasteiger charge is -2.07. The Morgan fingerprint density at radius 2 is 2.29 bits per heavy atom. The summed E-state index contributed by atoms with van der Waals surface area (Å²) in [7, 11) is 0. The van der Waals surface area contributed by atoms with Crippen LogP contribution in [0, 0.1) is 12.8 Å². The van der Waals surface area contributed by atoms with Crippen LogP contribution >= 0.6 is 11.3 Å². The van der Waals surface area contributed by atoms with Gasteiger partial charge in [0.25, 0.3) is 0 Å². The summed E-state index contributed by atoms with van der Waals surface area (Å²) in [5.74, 6) is 0.618. The van der Waals surface area contributed by atoms with Gasteiger partial charge >= 0.3 is 0 Å². The molecule has 0 radical (unpaired) electrons. The van der Waals surface area contributed by atoms with E-state index >= 15 is 0 Å². The lowest BCUT2D eigenvalue weighted by Crippen LogP contribution is -2.12. The topological polar surface area (TPSA) is 63.8 Å². The second-order valence-corrected chi connectivity index (χ2v) is 4.72. The molecule has 1 atom stereocenters. The highest BCUT2D eigenvalue weighted by Gasteiger charge is 2.00. The van der Waals surface area contributed by atoms with Gasteiger partial charge in [-0.2, -0.15) is 0 Å². The van der Waals surface area contributed by atoms with E-state index in [1.54, 1.807) is 11.3 Å². The Hall–Kier alpha value is -0.680. The van der Waals surface area contributed by atoms with Crippen molar-refractivity contribution in [3.63, 3.8) is 0 Å². The van der Waals surface area contributed by atoms with Crippen LogP contribution in [0.15, 0.2) is 0 Å². The van der Waals surface area contributed by atoms with Crippen LogP contribution in [-0.4, -0.2) is 23.3 Å². The smallest absolute Gasteiger partial charge is 0.205 e. The molecule has 1 unspecified atom stereocenters. The Morgan fingerprint density at radius 3 is 2.86 bits per heavy atom. The Bertz CT molecular complexity index is 261. The molecular formula is C9H18N4S. The van der Waals surface area contributed by atoms with Crippen LogP contribution in [0.2, 0.25) is 0 Å². The summed E-state index contributed by atoms with van der Waals surface area (Å²) in [4.78, 5) is 0. The number of nitrogens with one attached hydrogen (secondary N) is 1. The van der Waals surface area contributed by atoms with Gasteiger partial charge in [0.15, 0.2) is 0 Å². The molecule has 80 valence electrons. The van der Waals surface area contributed by atoms with E-state index in [1.807, 2.05) is 6.92 Å². The number of rotatable bonds is 6. The van der Waals surface area contributed by atoms with Crippen molar-refractivity contribution in [3.8, 4) is 0 Å². The molecular weight excluding hydrogens is 196 g/mol. The van der Waals surface area contributed by atoms with Crippen molar-refractivity contribution >= 4 is 16.5 Å². The monoisotopic (exact) mass is 214 g/mol. The van der Waals surface area contributed by atoms with Gasteiger partial charge in [-0.3, -0.25) is 0 Å². The molecule has 0 amide bonds. The summed E-state index contributed by atoms with van der Waals surface area (Å²) in [6.07, 6.45) is 2.30. The van der Waals surface area contributed by atoms with Crippen molar-refractivity contribution in [1.82, 2.24) is 10.2 Å². The molecule has 14 heavy (non-hydrogen) atoms. The number of aromatic nitrogens is 2. The molecule has 0 aliphatic rings. The molecule has 1 aromatic heterocycles. The molecule has 3 N–H and O–H groups in total. The van der Waals surface area contributed by atoms with Gasteiger partial charge in [-0.25, -0.2) is 0 Å². The normalized spacial score (nSPS) is 12.8. The van der Waals surface area contributed by atoms with Gasteiger partial charge in [-0.15, -0.1) is 10.2 Å². The molecule has 0 aromatic carbocycles. The zero-order valence-corrected chi connectivity index (χ0v) is 9.60. The summed E-state index contributed by atoms with van der Waals surface area (Å²) in [6, 6.07) is 0. The van der Waals surface area contributed by atoms with Gasteiger partial charge in [0, 0.05) is 6.54 Å². The van der Waals surface area contributed by atoms with E-state index in [4.69, 9.17) is 5.73 Å². The van der Waals surface area contributed by atoms with Crippen LogP contribution in [0.4, 0.5) is 5.13 Å². The summed E-state index contributed by atoms with van der Waals surface area (Å²) in [6.45, 7) is 5.87. The number of nitrogens with two attached hydrogens (primary N) is 1. The molecule has 1 heterocycles. The average molecular weight is 214 g/mol. The maximum absolute atomic E-state index is 5.53. The minimum atomic E-state index is 0.618. The molecule has 1 rings (SSSR count). The molecule has 0 fully saturated rings. The SMILES string of the molecule is Cc1nnc(NCCCC(C)CN)s1. The summed E-state index contributed by atoms with van der Waals surface area (Å²) in [5, 5.41) is 13.1. The molecule has 4 nitrogen and oxygen atoms in total. The van der Waals surface area contributed by atoms with Crippen LogP contribution in [0.5, 0.6) is 0 Å². The molecule has 0 aliphatic heterocycles. The van der Waals surface area contributed by atoms with E-state index in [0.717, 1.165) is 29.6 Å². The number of hydrogen-bond donors (Lipinski definition) is 2. The predicted molar refractivity (Wildman–Crippen MR) is 60.6 cm³/mol. The molecule has 5 heteroatoms. The summed E-state index contributed by atoms with van der Waals surface area (Å²) < 4.78 is 0. The highest BCUT2D eigenvalue weighted by Crippen LogP contribution is 2.13. The highest BCUT2D eigenvalue weighted by atomic mass is 32.1. The first kappa shape index (κ1) is 11.4. The Balaban J connectivity index is 2.10. The van der Waals surface area contributed by atoms with E-state index in [-0.39, 0.29) is 0 Å². The minimum absolute atomic E-state index is 0.618. The lowest BCUT2D eigenvalue weighted by atomic mass is 10.1. The number of hydrogen-bond acceptors (Lipinski definition) is 5. The second-order valence-electron chi connectivity index (χ2n) is 3.54. The van der Waals surface area contributed by atoms with Gasteiger partial charge in [0.2, 0.25) is 5.13 Å². The Morgan fingerprint density at radius 1 is 1.50 bits per heavy atom. The van der Waals surface area contributed by atoms with Crippen molar-refractivity contribution in [2.45, 2.75) is 26.7 Å². The van der Waals surface area contributed by atoms with Crippen LogP contribution in [0.25, 0.3) is 0 Å². The van der Waals surface area contributed by atoms with Gasteiger partial charge in [0.05, 0.1) is 0 Å². The highest BCUT2D eigenvalue weighted by molar-refractivity contribution is 7.15. The first-order chi connectivity index (χ1) is 6.72. The summed E-state index contributed by atoms with van der Waals surface area (Å²) >= 11 is 1.59. The second kappa shape index (κ2) is 5.93. The lowest BCUT2D eigenvalue weighted by molar-refractivity contribution is 0.529. The number of aryl methyl sites for hydroxylation is 1. The van der Waals surface area contributed by atoms with Gasteiger partial charge in [-0.1, -0.05) is 18.3 Å². The molecule has 1 aromatic rings. The Kier molecular flexibility index (Phi) is 4.82. The van der Waals surface area contributed by atoms with Crippen LogP contribution in [-0.2, 0) is 0 Å². The molecule has 0 aliphatic carbocycles. The first-order valence-corrected chi connectivity index (χ1v) is 5.78. The molecule has 0 saturated carbocycles. The maximum Gasteiger partial charge on any atom is 0.205 e. The zero-order valence-electron chi connectivity index (χ0n) is 8.79. The van der Waals surface area contributed by atoms with Crippen LogP contribution in [0.3, 0.4) is 0 Å². The average Bonchev–Trinajstić information content (AvgIpc) is 2.58. The van der Waals surface area contributed by atoms with Crippen molar-refractivity contribution in [3.05, 3.63) is 5.01 Å². The summed E-state index contributed by atoms with van der Waals surface area (Å²) in [5.41, 5.74) is 5.53. The Labute approximate surface area is 88.9 Å². The fourth-order valence-corrected chi connectivity index (χ4v) is 1.75. The maximum atomic E-state index is 5.53. The van der Waals surface area contributed by atoms with E-state index in [0.29, 0.717) is 5.92 Å². The van der Waals surface area contributed by atoms with Crippen molar-refractivity contribution in [2.75, 3.05) is 18.4 Å². The molecule has 0 saturated heterocycles. The van der Waals surface area contributed by atoms with Crippen molar-refractivity contribution in [2.24, 2.45) is 11.7 Å². The van der Waals surface area contributed by atoms with E-state index in [2.05, 4.69) is 22.4 Å². The quantitative estimate of drug-likeness (QED) is 0.707. The minimum Gasteiger partial charge on any atom is -0.360 e. The van der Waals surface area contributed by atoms with Gasteiger partial charge in [-0.05, 0) is 32.2 Å². The third-order valence-corrected chi connectivity index (χ3v) is 2.87. The standard InChI is InChI=1S/C9H18N4S/c1-7(6-10)4-3-5-11-9-13-12-8(2)14-9/h7H,3-6,10H2,1-2H3,(H,11,13). The van der Waals surface area contributed by atoms with Crippen molar-refractivity contribution in [1.29, 1.82) is 0 Å². The number of anilines is 1. The largest absolute Gasteiger partial charge is 0.360 e. The van der Waals surface area contributed by atoms with E-state index in [9.17, 15) is 0 Å². The first-order valence-electron chi connectivity index (χ1n) is 4.96. The molecule has 0 spiro atoms. The fourth-order valence-electron chi connectivity index (χ4n) is 1.13. The third kappa shape index (κ3) is 4.02. The third-order valence-electron chi connectivity index (χ3n) is 2.08. The number of nitrogens with zero attached hydrogens (tertiary/aromatic N) is 2. The van der Waals surface area contributed by atoms with Crippen LogP contribution in [0.1, 0.15) is 24.8 Å².